The van der Waals surface area contributed by atoms with Gasteiger partial charge in [-0.3, -0.25) is 0 Å². The van der Waals surface area contributed by atoms with Crippen LogP contribution in [0.15, 0.2) is 36.4 Å². The Bertz CT molecular complexity index is 592. The molecule has 2 N–H and O–H groups in total. The van der Waals surface area contributed by atoms with Crippen LogP contribution in [0.2, 0.25) is 0 Å². The molecule has 0 unspecified atom stereocenters. The summed E-state index contributed by atoms with van der Waals surface area (Å²) in [5.41, 5.74) is -0.350. The molecular weight excluding hydrogens is 294 g/mol. The molecule has 0 aliphatic heterocycles. The molecule has 0 amide bonds. The molecule has 5 heteroatoms. The number of carbonyl (C=O) groups is 2. The van der Waals surface area contributed by atoms with Gasteiger partial charge in [0.1, 0.15) is 0 Å². The van der Waals surface area contributed by atoms with Crippen molar-refractivity contribution in [3.63, 3.8) is 0 Å². The number of hydrogen-bond donors (Lipinski definition) is 2. The average Bonchev–Trinajstić information content (AvgIpc) is 2.27. The Morgan fingerprint density at radius 2 is 1.53 bits per heavy atom. The van der Waals surface area contributed by atoms with E-state index in [0.717, 1.165) is 0 Å². The minimum Gasteiger partial charge on any atom is -0.478 e. The van der Waals surface area contributed by atoms with Crippen molar-refractivity contribution in [1.82, 2.24) is 0 Å². The molecule has 0 atom stereocenters. The van der Waals surface area contributed by atoms with E-state index < -0.39 is 11.9 Å². The first-order valence-electron chi connectivity index (χ1n) is 4.59. The summed E-state index contributed by atoms with van der Waals surface area (Å²) in [6.45, 7) is 0. The third-order valence-corrected chi connectivity index (χ3v) is 2.37. The first kappa shape index (κ1) is 14.5. The van der Waals surface area contributed by atoms with Gasteiger partial charge >= 0.3 is 11.9 Å². The average molecular weight is 302 g/mol. The summed E-state index contributed by atoms with van der Waals surface area (Å²) in [4.78, 5) is 22.0. The summed E-state index contributed by atoms with van der Waals surface area (Å²) in [5.74, 6) is -2.46. The topological polar surface area (TPSA) is 74.6 Å². The maximum absolute atomic E-state index is 11.1. The Hall–Kier alpha value is -0.555. The molecule has 81 valence electrons. The van der Waals surface area contributed by atoms with Crippen LogP contribution in [0, 0.1) is 0 Å². The second-order valence-corrected chi connectivity index (χ2v) is 3.32. The van der Waals surface area contributed by atoms with E-state index >= 15 is 0 Å². The number of hydrogen-bond acceptors (Lipinski definition) is 2. The summed E-state index contributed by atoms with van der Waals surface area (Å²) in [7, 11) is 0. The van der Waals surface area contributed by atoms with Crippen molar-refractivity contribution in [3.8, 4) is 0 Å². The van der Waals surface area contributed by atoms with E-state index in [2.05, 4.69) is 0 Å². The summed E-state index contributed by atoms with van der Waals surface area (Å²) in [6.07, 6.45) is 0. The fourth-order valence-corrected chi connectivity index (χ4v) is 1.68. The molecule has 0 aromatic heterocycles. The first-order chi connectivity index (χ1) is 7.61. The van der Waals surface area contributed by atoms with Crippen LogP contribution in [0.25, 0.3) is 10.8 Å². The molecule has 0 spiro atoms. The zero-order chi connectivity index (χ0) is 11.7. The van der Waals surface area contributed by atoms with Crippen LogP contribution >= 0.6 is 0 Å². The molecule has 0 aliphatic carbocycles. The van der Waals surface area contributed by atoms with Crippen molar-refractivity contribution in [1.29, 1.82) is 0 Å². The van der Waals surface area contributed by atoms with Gasteiger partial charge in [0.15, 0.2) is 0 Å². The SMILES string of the molecule is O=C(O)c1ccc2ccccc2c1C(=O)O.[Rb]. The van der Waals surface area contributed by atoms with Crippen molar-refractivity contribution in [3.05, 3.63) is 47.5 Å². The van der Waals surface area contributed by atoms with Gasteiger partial charge < -0.3 is 10.2 Å². The maximum Gasteiger partial charge on any atom is 0.337 e. The molecule has 4 nitrogen and oxygen atoms in total. The molecule has 17 heavy (non-hydrogen) atoms. The van der Waals surface area contributed by atoms with E-state index in [0.29, 0.717) is 10.8 Å². The summed E-state index contributed by atoms with van der Waals surface area (Å²) in [5, 5.41) is 19.1. The number of aromatic carboxylic acids is 2. The Balaban J connectivity index is 0.00000144. The Morgan fingerprint density at radius 3 is 2.12 bits per heavy atom. The van der Waals surface area contributed by atoms with Crippen molar-refractivity contribution in [2.75, 3.05) is 0 Å². The van der Waals surface area contributed by atoms with Crippen LogP contribution < -0.4 is 0 Å². The van der Waals surface area contributed by atoms with Crippen molar-refractivity contribution in [2.24, 2.45) is 0 Å². The minimum atomic E-state index is -1.23. The van der Waals surface area contributed by atoms with Gasteiger partial charge in [0.05, 0.1) is 11.1 Å². The first-order valence-corrected chi connectivity index (χ1v) is 4.59. The van der Waals surface area contributed by atoms with Gasteiger partial charge in [-0.15, -0.1) is 0 Å². The summed E-state index contributed by atoms with van der Waals surface area (Å²) < 4.78 is 0. The molecule has 0 saturated heterocycles. The summed E-state index contributed by atoms with van der Waals surface area (Å²) >= 11 is 0. The quantitative estimate of drug-likeness (QED) is 0.888. The molecular formula is C12H8O4Rb. The maximum atomic E-state index is 11.1. The Kier molecular flexibility index (Phi) is 5.00. The normalized spacial score (nSPS) is 9.65. The van der Waals surface area contributed by atoms with Crippen molar-refractivity contribution in [2.45, 2.75) is 0 Å². The second-order valence-electron chi connectivity index (χ2n) is 3.32. The van der Waals surface area contributed by atoms with E-state index in [1.54, 1.807) is 30.3 Å². The number of benzene rings is 2. The molecule has 0 aliphatic rings. The van der Waals surface area contributed by atoms with Crippen LogP contribution in [0.5, 0.6) is 0 Å². The molecule has 1 radical (unpaired) electrons. The molecule has 2 aromatic rings. The molecule has 0 saturated carbocycles. The van der Waals surface area contributed by atoms with E-state index in [4.69, 9.17) is 10.2 Å². The van der Waals surface area contributed by atoms with E-state index in [-0.39, 0.29) is 69.3 Å². The van der Waals surface area contributed by atoms with Crippen LogP contribution in [0.4, 0.5) is 0 Å². The van der Waals surface area contributed by atoms with Gasteiger partial charge in [0, 0.05) is 58.2 Å². The molecule has 0 heterocycles. The van der Waals surface area contributed by atoms with Crippen LogP contribution in [-0.4, -0.2) is 80.3 Å². The molecule has 0 fully saturated rings. The number of carboxylic acid groups (broad SMARTS) is 2. The minimum absolute atomic E-state index is 0. The molecule has 2 rings (SSSR count). The number of fused-ring (bicyclic) bond motifs is 1. The zero-order valence-electron chi connectivity index (χ0n) is 9.18. The number of carboxylic acids is 2. The number of rotatable bonds is 2. The van der Waals surface area contributed by atoms with Crippen LogP contribution in [0.3, 0.4) is 0 Å². The monoisotopic (exact) mass is 301 g/mol. The predicted molar refractivity (Wildman–Crippen MR) is 63.6 cm³/mol. The van der Waals surface area contributed by atoms with Gasteiger partial charge in [-0.05, 0) is 16.8 Å². The Labute approximate surface area is 146 Å². The van der Waals surface area contributed by atoms with E-state index in [1.807, 2.05) is 0 Å². The van der Waals surface area contributed by atoms with Gasteiger partial charge in [0.25, 0.3) is 0 Å². The smallest absolute Gasteiger partial charge is 0.337 e. The second kappa shape index (κ2) is 5.86. The third-order valence-electron chi connectivity index (χ3n) is 2.37. The van der Waals surface area contributed by atoms with Gasteiger partial charge in [-0.2, -0.15) is 0 Å². The van der Waals surface area contributed by atoms with Gasteiger partial charge in [-0.25, -0.2) is 9.59 Å². The fraction of sp³-hybridized carbons (Fsp3) is 0. The van der Waals surface area contributed by atoms with E-state index in [9.17, 15) is 9.59 Å². The molecule has 2 aromatic carbocycles. The van der Waals surface area contributed by atoms with Gasteiger partial charge in [0.2, 0.25) is 0 Å². The molecule has 0 bridgehead atoms. The van der Waals surface area contributed by atoms with Crippen molar-refractivity contribution >= 4 is 80.9 Å². The summed E-state index contributed by atoms with van der Waals surface area (Å²) in [6, 6.07) is 9.72. The zero-order valence-corrected chi connectivity index (χ0v) is 14.1. The van der Waals surface area contributed by atoms with Crippen LogP contribution in [-0.2, 0) is 0 Å². The van der Waals surface area contributed by atoms with Crippen molar-refractivity contribution < 1.29 is 19.8 Å². The standard InChI is InChI=1S/C12H8O4.Rb/c13-11(14)9-6-5-7-3-1-2-4-8(7)10(9)12(15)16;/h1-6H,(H,13,14)(H,15,16);. The third kappa shape index (κ3) is 2.82. The van der Waals surface area contributed by atoms with E-state index in [1.165, 1.54) is 6.07 Å². The van der Waals surface area contributed by atoms with Gasteiger partial charge in [-0.1, -0.05) is 30.3 Å². The largest absolute Gasteiger partial charge is 0.478 e. The fourth-order valence-electron chi connectivity index (χ4n) is 1.68. The Morgan fingerprint density at radius 1 is 0.882 bits per heavy atom. The predicted octanol–water partition coefficient (Wildman–Crippen LogP) is 1.86. The van der Waals surface area contributed by atoms with Crippen LogP contribution in [0.1, 0.15) is 20.7 Å².